The Bertz CT molecular complexity index is 861. The number of nitrogens with one attached hydrogen (secondary N) is 3. The minimum Gasteiger partial charge on any atom is -0.350 e. The van der Waals surface area contributed by atoms with E-state index < -0.39 is 23.8 Å². The van der Waals surface area contributed by atoms with Crippen LogP contribution >= 0.6 is 11.6 Å². The van der Waals surface area contributed by atoms with Gasteiger partial charge in [0.05, 0.1) is 11.1 Å². The fraction of sp³-hybridized carbons (Fsp3) is 0.389. The summed E-state index contributed by atoms with van der Waals surface area (Å²) >= 11 is 5.75. The van der Waals surface area contributed by atoms with Crippen LogP contribution in [0.2, 0.25) is 5.02 Å². The van der Waals surface area contributed by atoms with Crippen molar-refractivity contribution in [2.24, 2.45) is 5.92 Å². The molecule has 0 radical (unpaired) electrons. The third-order valence-corrected chi connectivity index (χ3v) is 4.64. The average molecular weight is 377 g/mol. The summed E-state index contributed by atoms with van der Waals surface area (Å²) in [6, 6.07) is 4.73. The summed E-state index contributed by atoms with van der Waals surface area (Å²) in [6.07, 6.45) is 2.58. The molecule has 2 amide bonds. The van der Waals surface area contributed by atoms with Crippen molar-refractivity contribution in [1.82, 2.24) is 15.6 Å². The second kappa shape index (κ2) is 7.34. The molecule has 6 nitrogen and oxygen atoms in total. The molecule has 136 valence electrons. The van der Waals surface area contributed by atoms with Crippen LogP contribution in [0.4, 0.5) is 4.39 Å². The van der Waals surface area contributed by atoms with Gasteiger partial charge in [0.2, 0.25) is 5.91 Å². The molecule has 3 N–H and O–H groups in total. The van der Waals surface area contributed by atoms with Gasteiger partial charge >= 0.3 is 0 Å². The zero-order chi connectivity index (χ0) is 18.8. The molecule has 1 fully saturated rings. The summed E-state index contributed by atoms with van der Waals surface area (Å²) in [6.45, 7) is 1.57. The van der Waals surface area contributed by atoms with Gasteiger partial charge in [-0.2, -0.15) is 5.26 Å². The van der Waals surface area contributed by atoms with Crippen LogP contribution in [0.3, 0.4) is 0 Å². The number of halogens is 2. The lowest BCUT2D eigenvalue weighted by Gasteiger charge is -2.18. The molecule has 1 aromatic carbocycles. The van der Waals surface area contributed by atoms with Crippen LogP contribution in [0, 0.1) is 23.1 Å². The smallest absolute Gasteiger partial charge is 0.268 e. The second-order valence-corrected chi connectivity index (χ2v) is 7.01. The third-order valence-electron chi connectivity index (χ3n) is 4.35. The van der Waals surface area contributed by atoms with E-state index in [9.17, 15) is 14.0 Å². The molecule has 26 heavy (non-hydrogen) atoms. The SMILES string of the molecule is CC(C#N)NC(=O)[C@H](CC1CC1)NC(=O)c1cc2cc(F)c(Cl)cc2[nH]1. The molecule has 1 heterocycles. The number of nitrogens with zero attached hydrogens (tertiary/aromatic N) is 1. The van der Waals surface area contributed by atoms with E-state index in [-0.39, 0.29) is 16.6 Å². The first-order chi connectivity index (χ1) is 12.4. The predicted molar refractivity (Wildman–Crippen MR) is 95.1 cm³/mol. The molecular formula is C18H18ClFN4O2. The zero-order valence-corrected chi connectivity index (χ0v) is 14.9. The normalized spacial score (nSPS) is 15.9. The van der Waals surface area contributed by atoms with Gasteiger partial charge in [0.1, 0.15) is 23.6 Å². The maximum Gasteiger partial charge on any atom is 0.268 e. The van der Waals surface area contributed by atoms with Crippen molar-refractivity contribution in [3.8, 4) is 6.07 Å². The van der Waals surface area contributed by atoms with Gasteiger partial charge < -0.3 is 15.6 Å². The summed E-state index contributed by atoms with van der Waals surface area (Å²) in [4.78, 5) is 27.8. The second-order valence-electron chi connectivity index (χ2n) is 6.60. The molecular weight excluding hydrogens is 359 g/mol. The topological polar surface area (TPSA) is 97.8 Å². The van der Waals surface area contributed by atoms with Crippen molar-refractivity contribution in [2.75, 3.05) is 0 Å². The molecule has 2 atom stereocenters. The molecule has 1 aromatic heterocycles. The van der Waals surface area contributed by atoms with Crippen molar-refractivity contribution >= 4 is 34.3 Å². The Hall–Kier alpha value is -2.59. The molecule has 2 aromatic rings. The number of hydrogen-bond donors (Lipinski definition) is 3. The Kier molecular flexibility index (Phi) is 5.14. The maximum atomic E-state index is 13.6. The summed E-state index contributed by atoms with van der Waals surface area (Å²) in [5.74, 6) is -1.02. The van der Waals surface area contributed by atoms with Crippen molar-refractivity contribution < 1.29 is 14.0 Å². The molecule has 0 bridgehead atoms. The van der Waals surface area contributed by atoms with Gasteiger partial charge in [0.15, 0.2) is 0 Å². The number of aromatic nitrogens is 1. The van der Waals surface area contributed by atoms with Crippen LogP contribution in [-0.2, 0) is 4.79 Å². The van der Waals surface area contributed by atoms with E-state index in [0.29, 0.717) is 23.2 Å². The van der Waals surface area contributed by atoms with E-state index in [1.165, 1.54) is 18.2 Å². The average Bonchev–Trinajstić information content (AvgIpc) is 3.32. The molecule has 1 unspecified atom stereocenters. The van der Waals surface area contributed by atoms with E-state index in [1.54, 1.807) is 6.92 Å². The summed E-state index contributed by atoms with van der Waals surface area (Å²) in [5, 5.41) is 14.6. The standard InChI is InChI=1S/C18H18ClFN4O2/c1-9(8-21)22-17(25)15(4-10-2-3-10)24-18(26)16-6-11-5-13(20)12(19)7-14(11)23-16/h5-7,9-10,15,23H,2-4H2,1H3,(H,22,25)(H,24,26)/t9?,15-/m0/s1. The lowest BCUT2D eigenvalue weighted by Crippen LogP contribution is -2.49. The first kappa shape index (κ1) is 18.2. The number of hydrogen-bond acceptors (Lipinski definition) is 3. The quantitative estimate of drug-likeness (QED) is 0.723. The van der Waals surface area contributed by atoms with E-state index in [4.69, 9.17) is 16.9 Å². The van der Waals surface area contributed by atoms with Crippen LogP contribution in [-0.4, -0.2) is 28.9 Å². The highest BCUT2D eigenvalue weighted by Gasteiger charge is 2.31. The number of carbonyl (C=O) groups excluding carboxylic acids is 2. The fourth-order valence-electron chi connectivity index (χ4n) is 2.75. The number of nitriles is 1. The van der Waals surface area contributed by atoms with Crippen LogP contribution in [0.25, 0.3) is 10.9 Å². The van der Waals surface area contributed by atoms with Crippen LogP contribution in [0.1, 0.15) is 36.7 Å². The lowest BCUT2D eigenvalue weighted by molar-refractivity contribution is -0.123. The summed E-state index contributed by atoms with van der Waals surface area (Å²) in [7, 11) is 0. The molecule has 1 saturated carbocycles. The highest BCUT2D eigenvalue weighted by atomic mass is 35.5. The van der Waals surface area contributed by atoms with Gasteiger partial charge in [-0.3, -0.25) is 9.59 Å². The van der Waals surface area contributed by atoms with Gasteiger partial charge in [-0.1, -0.05) is 24.4 Å². The molecule has 0 spiro atoms. The Balaban J connectivity index is 1.76. The van der Waals surface area contributed by atoms with E-state index in [1.807, 2.05) is 6.07 Å². The molecule has 0 saturated heterocycles. The highest BCUT2D eigenvalue weighted by molar-refractivity contribution is 6.31. The van der Waals surface area contributed by atoms with E-state index in [0.717, 1.165) is 12.8 Å². The minimum atomic E-state index is -0.725. The van der Waals surface area contributed by atoms with Gasteiger partial charge in [0.25, 0.3) is 5.91 Å². The first-order valence-corrected chi connectivity index (χ1v) is 8.73. The highest BCUT2D eigenvalue weighted by Crippen LogP contribution is 2.33. The molecule has 0 aliphatic heterocycles. The number of aromatic amines is 1. The number of fused-ring (bicyclic) bond motifs is 1. The zero-order valence-electron chi connectivity index (χ0n) is 14.1. The van der Waals surface area contributed by atoms with E-state index >= 15 is 0 Å². The van der Waals surface area contributed by atoms with E-state index in [2.05, 4.69) is 15.6 Å². The molecule has 1 aliphatic carbocycles. The molecule has 8 heteroatoms. The lowest BCUT2D eigenvalue weighted by atomic mass is 10.1. The van der Waals surface area contributed by atoms with Gasteiger partial charge in [-0.15, -0.1) is 0 Å². The monoisotopic (exact) mass is 376 g/mol. The number of rotatable bonds is 6. The predicted octanol–water partition coefficient (Wildman–Crippen LogP) is 2.89. The van der Waals surface area contributed by atoms with Crippen molar-refractivity contribution in [3.63, 3.8) is 0 Å². The number of amides is 2. The minimum absolute atomic E-state index is 0.0391. The van der Waals surface area contributed by atoms with Crippen LogP contribution < -0.4 is 10.6 Å². The Morgan fingerprint density at radius 3 is 2.77 bits per heavy atom. The van der Waals surface area contributed by atoms with Gasteiger partial charge in [-0.05, 0) is 37.5 Å². The molecule has 3 rings (SSSR count). The summed E-state index contributed by atoms with van der Waals surface area (Å²) < 4.78 is 13.6. The first-order valence-electron chi connectivity index (χ1n) is 8.36. The number of carbonyl (C=O) groups is 2. The van der Waals surface area contributed by atoms with Crippen molar-refractivity contribution in [1.29, 1.82) is 5.26 Å². The Morgan fingerprint density at radius 1 is 1.38 bits per heavy atom. The molecule has 1 aliphatic rings. The van der Waals surface area contributed by atoms with Crippen LogP contribution in [0.5, 0.6) is 0 Å². The third kappa shape index (κ3) is 4.14. The summed E-state index contributed by atoms with van der Waals surface area (Å²) in [5.41, 5.74) is 0.742. The number of benzene rings is 1. The largest absolute Gasteiger partial charge is 0.350 e. The van der Waals surface area contributed by atoms with Gasteiger partial charge in [0, 0.05) is 10.9 Å². The Labute approximate surface area is 154 Å². The fourth-order valence-corrected chi connectivity index (χ4v) is 2.91. The van der Waals surface area contributed by atoms with Gasteiger partial charge in [-0.25, -0.2) is 4.39 Å². The van der Waals surface area contributed by atoms with Crippen LogP contribution in [0.15, 0.2) is 18.2 Å². The van der Waals surface area contributed by atoms with Crippen molar-refractivity contribution in [2.45, 2.75) is 38.3 Å². The number of H-pyrrole nitrogens is 1. The Morgan fingerprint density at radius 2 is 2.12 bits per heavy atom. The maximum absolute atomic E-state index is 13.6. The van der Waals surface area contributed by atoms with Crippen molar-refractivity contribution in [3.05, 3.63) is 34.7 Å².